The van der Waals surface area contributed by atoms with Crippen molar-refractivity contribution in [3.63, 3.8) is 0 Å². The lowest BCUT2D eigenvalue weighted by Gasteiger charge is -2.36. The molecule has 3 rings (SSSR count). The zero-order valence-electron chi connectivity index (χ0n) is 12.3. The number of primary amides is 1. The highest BCUT2D eigenvalue weighted by atomic mass is 19.3. The largest absolute Gasteiger partial charge is 0.368 e. The first-order chi connectivity index (χ1) is 10.7. The molecule has 2 fully saturated rings. The Labute approximate surface area is 130 Å². The second-order valence-corrected chi connectivity index (χ2v) is 6.30. The van der Waals surface area contributed by atoms with Crippen LogP contribution < -0.4 is 10.6 Å². The van der Waals surface area contributed by atoms with Gasteiger partial charge in [-0.3, -0.25) is 14.5 Å². The Bertz CT molecular complexity index is 650. The summed E-state index contributed by atoms with van der Waals surface area (Å²) in [6.07, 6.45) is 0.465. The highest BCUT2D eigenvalue weighted by molar-refractivity contribution is 6.06. The lowest BCUT2D eigenvalue weighted by Crippen LogP contribution is -2.44. The molecule has 1 saturated carbocycles. The van der Waals surface area contributed by atoms with E-state index in [1.165, 1.54) is 6.07 Å². The zero-order chi connectivity index (χ0) is 16.8. The number of carbonyl (C=O) groups excluding carboxylic acids is 2. The number of nitrogens with zero attached hydrogens (tertiary/aromatic N) is 2. The summed E-state index contributed by atoms with van der Waals surface area (Å²) in [5.74, 6) is -4.86. The van der Waals surface area contributed by atoms with Crippen LogP contribution in [0.3, 0.4) is 0 Å². The first-order valence-corrected chi connectivity index (χ1v) is 7.37. The second kappa shape index (κ2) is 5.21. The van der Waals surface area contributed by atoms with E-state index in [0.717, 1.165) is 17.2 Å². The summed E-state index contributed by atoms with van der Waals surface area (Å²) in [6.45, 7) is 0. The van der Waals surface area contributed by atoms with E-state index in [9.17, 15) is 22.8 Å². The number of halogens is 3. The molecule has 1 saturated heterocycles. The summed E-state index contributed by atoms with van der Waals surface area (Å²) in [7, 11) is 0. The van der Waals surface area contributed by atoms with Crippen LogP contribution in [0.5, 0.6) is 0 Å². The summed E-state index contributed by atoms with van der Waals surface area (Å²) in [4.78, 5) is 29.4. The predicted molar refractivity (Wildman–Crippen MR) is 75.1 cm³/mol. The van der Waals surface area contributed by atoms with E-state index in [2.05, 4.69) is 4.98 Å². The van der Waals surface area contributed by atoms with Gasteiger partial charge in [-0.05, 0) is 31.4 Å². The SMILES string of the molecule is NC(=O)C1C[C@]2(CCCC(F)(F)C2)C(=O)N1c1ccc(F)cn1. The van der Waals surface area contributed by atoms with Crippen molar-refractivity contribution < 1.29 is 22.8 Å². The number of rotatable bonds is 2. The maximum absolute atomic E-state index is 13.8. The molecule has 1 unspecified atom stereocenters. The number of amides is 2. The topological polar surface area (TPSA) is 76.3 Å². The molecular formula is C15H16F3N3O2. The van der Waals surface area contributed by atoms with E-state index in [1.807, 2.05) is 0 Å². The number of nitrogens with two attached hydrogens (primary N) is 1. The van der Waals surface area contributed by atoms with Gasteiger partial charge in [0.05, 0.1) is 11.6 Å². The number of hydrogen-bond donors (Lipinski definition) is 1. The Morgan fingerprint density at radius 2 is 2.09 bits per heavy atom. The molecule has 1 aliphatic heterocycles. The summed E-state index contributed by atoms with van der Waals surface area (Å²) in [5.41, 5.74) is 4.04. The zero-order valence-corrected chi connectivity index (χ0v) is 12.3. The van der Waals surface area contributed by atoms with Gasteiger partial charge in [-0.1, -0.05) is 0 Å². The standard InChI is InChI=1S/C15H16F3N3O2/c16-9-2-3-11(20-7-9)21-10(12(19)22)6-14(13(21)23)4-1-5-15(17,18)8-14/h2-3,7,10H,1,4-6,8H2,(H2,19,22)/t10?,14-/m0/s1. The molecule has 2 heterocycles. The number of alkyl halides is 2. The minimum absolute atomic E-state index is 0.0472. The van der Waals surface area contributed by atoms with Crippen LogP contribution in [0.15, 0.2) is 18.3 Å². The molecule has 0 bridgehead atoms. The Kier molecular flexibility index (Phi) is 3.57. The Balaban J connectivity index is 2.00. The highest BCUT2D eigenvalue weighted by Gasteiger charge is 2.59. The Morgan fingerprint density at radius 1 is 1.35 bits per heavy atom. The maximum atomic E-state index is 13.8. The molecule has 2 N–H and O–H groups in total. The molecule has 5 nitrogen and oxygen atoms in total. The molecule has 2 amide bonds. The fourth-order valence-corrected chi connectivity index (χ4v) is 3.66. The van der Waals surface area contributed by atoms with Gasteiger partial charge >= 0.3 is 0 Å². The molecule has 1 aromatic heterocycles. The van der Waals surface area contributed by atoms with Crippen molar-refractivity contribution in [1.29, 1.82) is 0 Å². The summed E-state index contributed by atoms with van der Waals surface area (Å²) in [6, 6.07) is 1.28. The van der Waals surface area contributed by atoms with Crippen LogP contribution in [0, 0.1) is 11.2 Å². The van der Waals surface area contributed by atoms with Crippen LogP contribution in [0.2, 0.25) is 0 Å². The molecule has 124 valence electrons. The van der Waals surface area contributed by atoms with Gasteiger partial charge in [0, 0.05) is 12.8 Å². The second-order valence-electron chi connectivity index (χ2n) is 6.30. The van der Waals surface area contributed by atoms with Gasteiger partial charge < -0.3 is 5.73 Å². The lowest BCUT2D eigenvalue weighted by atomic mass is 9.70. The summed E-state index contributed by atoms with van der Waals surface area (Å²) < 4.78 is 40.7. The fraction of sp³-hybridized carbons (Fsp3) is 0.533. The van der Waals surface area contributed by atoms with E-state index in [1.54, 1.807) is 0 Å². The van der Waals surface area contributed by atoms with Crippen LogP contribution >= 0.6 is 0 Å². The van der Waals surface area contributed by atoms with E-state index >= 15 is 0 Å². The van der Waals surface area contributed by atoms with Crippen molar-refractivity contribution in [3.05, 3.63) is 24.1 Å². The normalized spacial score (nSPS) is 30.0. The van der Waals surface area contributed by atoms with Crippen LogP contribution in [-0.4, -0.2) is 28.8 Å². The number of anilines is 1. The quantitative estimate of drug-likeness (QED) is 0.903. The Morgan fingerprint density at radius 3 is 2.65 bits per heavy atom. The van der Waals surface area contributed by atoms with Crippen molar-refractivity contribution in [1.82, 2.24) is 4.98 Å². The minimum atomic E-state index is -2.94. The van der Waals surface area contributed by atoms with Gasteiger partial charge in [-0.25, -0.2) is 18.2 Å². The lowest BCUT2D eigenvalue weighted by molar-refractivity contribution is -0.138. The number of carbonyl (C=O) groups is 2. The van der Waals surface area contributed by atoms with Crippen molar-refractivity contribution >= 4 is 17.6 Å². The van der Waals surface area contributed by atoms with Crippen molar-refractivity contribution in [2.75, 3.05) is 4.90 Å². The molecule has 1 spiro atoms. The van der Waals surface area contributed by atoms with E-state index in [0.29, 0.717) is 0 Å². The van der Waals surface area contributed by atoms with Crippen LogP contribution in [-0.2, 0) is 9.59 Å². The maximum Gasteiger partial charge on any atom is 0.249 e. The summed E-state index contributed by atoms with van der Waals surface area (Å²) >= 11 is 0. The molecule has 1 aromatic rings. The van der Waals surface area contributed by atoms with Gasteiger partial charge in [0.25, 0.3) is 0 Å². The van der Waals surface area contributed by atoms with Crippen LogP contribution in [0.25, 0.3) is 0 Å². The highest BCUT2D eigenvalue weighted by Crippen LogP contribution is 2.52. The van der Waals surface area contributed by atoms with Crippen molar-refractivity contribution in [3.8, 4) is 0 Å². The fourth-order valence-electron chi connectivity index (χ4n) is 3.66. The van der Waals surface area contributed by atoms with Crippen LogP contribution in [0.1, 0.15) is 32.1 Å². The molecule has 23 heavy (non-hydrogen) atoms. The third-order valence-corrected chi connectivity index (χ3v) is 4.65. The monoisotopic (exact) mass is 327 g/mol. The molecular weight excluding hydrogens is 311 g/mol. The van der Waals surface area contributed by atoms with Gasteiger partial charge in [0.2, 0.25) is 17.7 Å². The molecule has 2 atom stereocenters. The van der Waals surface area contributed by atoms with Crippen molar-refractivity contribution in [2.45, 2.75) is 44.1 Å². The van der Waals surface area contributed by atoms with Crippen molar-refractivity contribution in [2.24, 2.45) is 11.1 Å². The molecule has 0 aromatic carbocycles. The van der Waals surface area contributed by atoms with Gasteiger partial charge in [0.1, 0.15) is 17.7 Å². The third kappa shape index (κ3) is 2.66. The Hall–Kier alpha value is -2.12. The molecule has 8 heteroatoms. The molecule has 0 radical (unpaired) electrons. The van der Waals surface area contributed by atoms with Gasteiger partial charge in [-0.2, -0.15) is 0 Å². The average molecular weight is 327 g/mol. The first kappa shape index (κ1) is 15.8. The van der Waals surface area contributed by atoms with E-state index < -0.39 is 41.4 Å². The first-order valence-electron chi connectivity index (χ1n) is 7.37. The molecule has 2 aliphatic rings. The van der Waals surface area contributed by atoms with Crippen LogP contribution in [0.4, 0.5) is 19.0 Å². The third-order valence-electron chi connectivity index (χ3n) is 4.65. The summed E-state index contributed by atoms with van der Waals surface area (Å²) in [5, 5.41) is 0. The van der Waals surface area contributed by atoms with E-state index in [-0.39, 0.29) is 31.5 Å². The van der Waals surface area contributed by atoms with Gasteiger partial charge in [-0.15, -0.1) is 0 Å². The average Bonchev–Trinajstić information content (AvgIpc) is 2.72. The van der Waals surface area contributed by atoms with E-state index in [4.69, 9.17) is 5.73 Å². The van der Waals surface area contributed by atoms with Gasteiger partial charge in [0.15, 0.2) is 0 Å². The number of hydrogen-bond acceptors (Lipinski definition) is 3. The minimum Gasteiger partial charge on any atom is -0.368 e. The smallest absolute Gasteiger partial charge is 0.249 e. The predicted octanol–water partition coefficient (Wildman–Crippen LogP) is 2.01. The number of aromatic nitrogens is 1. The molecule has 1 aliphatic carbocycles. The number of pyridine rings is 1.